The Morgan fingerprint density at radius 3 is 2.42 bits per heavy atom. The molecular weight excluding hydrogens is 262 g/mol. The monoisotopic (exact) mass is 281 g/mol. The van der Waals surface area contributed by atoms with Crippen molar-refractivity contribution in [2.45, 2.75) is 6.54 Å². The Labute approximate surface area is 117 Å². The Morgan fingerprint density at radius 2 is 1.84 bits per heavy atom. The number of imidazole rings is 1. The van der Waals surface area contributed by atoms with E-state index in [4.69, 9.17) is 21.7 Å². The van der Waals surface area contributed by atoms with Gasteiger partial charge in [0.15, 0.2) is 16.3 Å². The van der Waals surface area contributed by atoms with Gasteiger partial charge in [-0.25, -0.2) is 0 Å². The molecule has 1 aromatic carbocycles. The molecule has 0 saturated heterocycles. The van der Waals surface area contributed by atoms with E-state index in [9.17, 15) is 0 Å². The normalized spacial score (nSPS) is 11.2. The third-order valence-corrected chi connectivity index (χ3v) is 3.37. The molecule has 5 nitrogen and oxygen atoms in total. The van der Waals surface area contributed by atoms with Crippen molar-refractivity contribution in [3.8, 4) is 11.5 Å². The minimum atomic E-state index is 0.700. The second-order valence-electron chi connectivity index (χ2n) is 4.61. The molecule has 0 aliphatic heterocycles. The first-order valence-electron chi connectivity index (χ1n) is 6.06. The number of nitrogens with one attached hydrogen (secondary N) is 1. The van der Waals surface area contributed by atoms with Gasteiger partial charge in [-0.05, 0) is 26.3 Å². The number of likely N-dealkylation sites (N-methyl/N-ethyl adjacent to an activating group) is 1. The van der Waals surface area contributed by atoms with Gasteiger partial charge in [0.05, 0.1) is 25.3 Å². The summed E-state index contributed by atoms with van der Waals surface area (Å²) in [6.07, 6.45) is 0. The first kappa shape index (κ1) is 13.9. The molecule has 2 rings (SSSR count). The van der Waals surface area contributed by atoms with Gasteiger partial charge >= 0.3 is 0 Å². The number of methoxy groups -OCH3 is 2. The van der Waals surface area contributed by atoms with Gasteiger partial charge < -0.3 is 23.9 Å². The maximum Gasteiger partial charge on any atom is 0.178 e. The van der Waals surface area contributed by atoms with Crippen molar-refractivity contribution in [2.75, 3.05) is 34.9 Å². The molecule has 6 heteroatoms. The molecular formula is C13H19N3O2S. The molecule has 104 valence electrons. The fraction of sp³-hybridized carbons (Fsp3) is 0.462. The van der Waals surface area contributed by atoms with E-state index < -0.39 is 0 Å². The van der Waals surface area contributed by atoms with E-state index in [0.717, 1.165) is 24.1 Å². The number of fused-ring (bicyclic) bond motifs is 1. The first-order valence-corrected chi connectivity index (χ1v) is 6.47. The summed E-state index contributed by atoms with van der Waals surface area (Å²) in [5.74, 6) is 1.41. The smallest absolute Gasteiger partial charge is 0.178 e. The average molecular weight is 281 g/mol. The standard InChI is InChI=1S/C13H19N3O2S/c1-15(2)5-6-16-10-8-12(18-4)11(17-3)7-9(10)14-13(16)19/h7-8H,5-6H2,1-4H3,(H,14,19). The molecule has 0 aliphatic carbocycles. The highest BCUT2D eigenvalue weighted by molar-refractivity contribution is 7.71. The van der Waals surface area contributed by atoms with Crippen LogP contribution in [0.3, 0.4) is 0 Å². The molecule has 0 fully saturated rings. The molecule has 2 aromatic rings. The lowest BCUT2D eigenvalue weighted by Gasteiger charge is -2.12. The predicted molar refractivity (Wildman–Crippen MR) is 78.8 cm³/mol. The fourth-order valence-electron chi connectivity index (χ4n) is 2.01. The zero-order chi connectivity index (χ0) is 14.0. The maximum absolute atomic E-state index is 5.37. The number of hydrogen-bond acceptors (Lipinski definition) is 4. The summed E-state index contributed by atoms with van der Waals surface area (Å²) in [7, 11) is 7.35. The van der Waals surface area contributed by atoms with E-state index in [0.29, 0.717) is 16.3 Å². The van der Waals surface area contributed by atoms with Gasteiger partial charge in [-0.15, -0.1) is 0 Å². The number of aromatic nitrogens is 2. The van der Waals surface area contributed by atoms with Crippen LogP contribution in [0.4, 0.5) is 0 Å². The number of ether oxygens (including phenoxy) is 2. The number of benzene rings is 1. The van der Waals surface area contributed by atoms with Crippen molar-refractivity contribution >= 4 is 23.3 Å². The summed E-state index contributed by atoms with van der Waals surface area (Å²) in [6, 6.07) is 3.87. The van der Waals surface area contributed by atoms with Crippen LogP contribution in [0.5, 0.6) is 11.5 Å². The van der Waals surface area contributed by atoms with E-state index in [1.54, 1.807) is 14.2 Å². The van der Waals surface area contributed by atoms with Gasteiger partial charge in [0, 0.05) is 25.2 Å². The summed E-state index contributed by atoms with van der Waals surface area (Å²) in [4.78, 5) is 5.33. The van der Waals surface area contributed by atoms with Gasteiger partial charge in [-0.2, -0.15) is 0 Å². The lowest BCUT2D eigenvalue weighted by atomic mass is 10.2. The fourth-order valence-corrected chi connectivity index (χ4v) is 2.31. The minimum absolute atomic E-state index is 0.700. The Hall–Kier alpha value is -1.53. The van der Waals surface area contributed by atoms with Crippen LogP contribution in [0, 0.1) is 4.77 Å². The van der Waals surface area contributed by atoms with Crippen molar-refractivity contribution in [1.82, 2.24) is 14.5 Å². The molecule has 0 aliphatic rings. The molecule has 19 heavy (non-hydrogen) atoms. The van der Waals surface area contributed by atoms with Crippen molar-refractivity contribution < 1.29 is 9.47 Å². The van der Waals surface area contributed by atoms with Crippen LogP contribution < -0.4 is 9.47 Å². The molecule has 0 amide bonds. The predicted octanol–water partition coefficient (Wildman–Crippen LogP) is 2.28. The third kappa shape index (κ3) is 2.74. The van der Waals surface area contributed by atoms with Gasteiger partial charge in [-0.3, -0.25) is 0 Å². The second kappa shape index (κ2) is 5.63. The largest absolute Gasteiger partial charge is 0.493 e. The zero-order valence-corrected chi connectivity index (χ0v) is 12.5. The van der Waals surface area contributed by atoms with E-state index in [2.05, 4.69) is 14.5 Å². The molecule has 0 unspecified atom stereocenters. The molecule has 0 bridgehead atoms. The summed E-state index contributed by atoms with van der Waals surface area (Å²) >= 11 is 5.37. The highest BCUT2D eigenvalue weighted by Gasteiger charge is 2.11. The number of nitrogens with zero attached hydrogens (tertiary/aromatic N) is 2. The number of rotatable bonds is 5. The van der Waals surface area contributed by atoms with Crippen LogP contribution in [0.15, 0.2) is 12.1 Å². The topological polar surface area (TPSA) is 42.4 Å². The molecule has 0 spiro atoms. The molecule has 1 N–H and O–H groups in total. The van der Waals surface area contributed by atoms with Gasteiger partial charge in [0.25, 0.3) is 0 Å². The molecule has 1 heterocycles. The maximum atomic E-state index is 5.37. The molecule has 0 radical (unpaired) electrons. The van der Waals surface area contributed by atoms with Crippen LogP contribution in [-0.2, 0) is 6.54 Å². The summed E-state index contributed by atoms with van der Waals surface area (Å²) in [5.41, 5.74) is 1.99. The number of hydrogen-bond donors (Lipinski definition) is 1. The Kier molecular flexibility index (Phi) is 4.11. The highest BCUT2D eigenvalue weighted by atomic mass is 32.1. The molecule has 0 saturated carbocycles. The zero-order valence-electron chi connectivity index (χ0n) is 11.7. The third-order valence-electron chi connectivity index (χ3n) is 3.05. The van der Waals surface area contributed by atoms with Crippen molar-refractivity contribution in [3.63, 3.8) is 0 Å². The Balaban J connectivity index is 2.52. The average Bonchev–Trinajstić information content (AvgIpc) is 2.69. The highest BCUT2D eigenvalue weighted by Crippen LogP contribution is 2.31. The quantitative estimate of drug-likeness (QED) is 0.854. The van der Waals surface area contributed by atoms with Crippen LogP contribution in [0.1, 0.15) is 0 Å². The van der Waals surface area contributed by atoms with E-state index >= 15 is 0 Å². The van der Waals surface area contributed by atoms with Crippen molar-refractivity contribution in [3.05, 3.63) is 16.9 Å². The summed E-state index contributed by atoms with van der Waals surface area (Å²) in [6.45, 7) is 1.76. The molecule has 0 atom stereocenters. The van der Waals surface area contributed by atoms with Crippen LogP contribution >= 0.6 is 12.2 Å². The Morgan fingerprint density at radius 1 is 1.21 bits per heavy atom. The summed E-state index contributed by atoms with van der Waals surface area (Å²) in [5, 5.41) is 0. The molecule has 1 aromatic heterocycles. The second-order valence-corrected chi connectivity index (χ2v) is 5.00. The van der Waals surface area contributed by atoms with E-state index in [1.165, 1.54) is 0 Å². The van der Waals surface area contributed by atoms with E-state index in [1.807, 2.05) is 26.2 Å². The Bertz CT molecular complexity index is 631. The van der Waals surface area contributed by atoms with Gasteiger partial charge in [0.2, 0.25) is 0 Å². The van der Waals surface area contributed by atoms with Crippen molar-refractivity contribution in [2.24, 2.45) is 0 Å². The lowest BCUT2D eigenvalue weighted by Crippen LogP contribution is -2.18. The minimum Gasteiger partial charge on any atom is -0.493 e. The summed E-state index contributed by atoms with van der Waals surface area (Å²) < 4.78 is 13.4. The van der Waals surface area contributed by atoms with E-state index in [-0.39, 0.29) is 0 Å². The number of aromatic amines is 1. The van der Waals surface area contributed by atoms with Crippen molar-refractivity contribution in [1.29, 1.82) is 0 Å². The first-order chi connectivity index (χ1) is 9.06. The lowest BCUT2D eigenvalue weighted by molar-refractivity contribution is 0.355. The SMILES string of the molecule is COc1cc2[nH]c(=S)n(CCN(C)C)c2cc1OC. The van der Waals surface area contributed by atoms with Gasteiger partial charge in [0.1, 0.15) is 0 Å². The van der Waals surface area contributed by atoms with Gasteiger partial charge in [-0.1, -0.05) is 0 Å². The van der Waals surface area contributed by atoms with Crippen LogP contribution in [-0.4, -0.2) is 49.3 Å². The van der Waals surface area contributed by atoms with Crippen LogP contribution in [0.2, 0.25) is 0 Å². The van der Waals surface area contributed by atoms with Crippen LogP contribution in [0.25, 0.3) is 11.0 Å². The number of H-pyrrole nitrogens is 1.